The molecule has 104 valence electrons. The maximum Gasteiger partial charge on any atom is 0.0283 e. The van der Waals surface area contributed by atoms with Crippen LogP contribution in [0.15, 0.2) is 0 Å². The van der Waals surface area contributed by atoms with E-state index >= 15 is 0 Å². The molecule has 0 unspecified atom stereocenters. The first kappa shape index (κ1) is 12.9. The Morgan fingerprint density at radius 3 is 2.33 bits per heavy atom. The number of piperazine rings is 1. The Morgan fingerprint density at radius 2 is 1.61 bits per heavy atom. The standard InChI is InChI=1S/C16H30N2/c1-13(2)18-12-11-17-10-6-9-15(17)16(18)14-7-4-3-5-8-14/h13-16H,3-12H2,1-2H3/t15-,16+/m0/s1. The average Bonchev–Trinajstić information content (AvgIpc) is 2.86. The third-order valence-electron chi connectivity index (χ3n) is 5.63. The van der Waals surface area contributed by atoms with Gasteiger partial charge in [0, 0.05) is 31.2 Å². The van der Waals surface area contributed by atoms with Gasteiger partial charge in [0.2, 0.25) is 0 Å². The quantitative estimate of drug-likeness (QED) is 0.743. The average molecular weight is 250 g/mol. The highest BCUT2D eigenvalue weighted by atomic mass is 15.3. The molecule has 2 aliphatic heterocycles. The maximum absolute atomic E-state index is 2.85. The molecular formula is C16H30N2. The van der Waals surface area contributed by atoms with Crippen molar-refractivity contribution in [3.8, 4) is 0 Å². The summed E-state index contributed by atoms with van der Waals surface area (Å²) >= 11 is 0. The molecule has 0 aromatic rings. The molecule has 0 bridgehead atoms. The van der Waals surface area contributed by atoms with E-state index in [1.165, 1.54) is 64.6 Å². The fourth-order valence-electron chi connectivity index (χ4n) is 4.79. The lowest BCUT2D eigenvalue weighted by Gasteiger charge is -2.50. The van der Waals surface area contributed by atoms with Crippen molar-refractivity contribution in [3.63, 3.8) is 0 Å². The second-order valence-electron chi connectivity index (χ2n) is 6.97. The molecule has 0 amide bonds. The van der Waals surface area contributed by atoms with Crippen LogP contribution < -0.4 is 0 Å². The SMILES string of the molecule is CC(C)N1CCN2CCC[C@H]2[C@H]1C1CCCCC1. The smallest absolute Gasteiger partial charge is 0.0283 e. The fourth-order valence-corrected chi connectivity index (χ4v) is 4.79. The third kappa shape index (κ3) is 2.34. The lowest BCUT2D eigenvalue weighted by Crippen LogP contribution is -2.61. The van der Waals surface area contributed by atoms with Crippen molar-refractivity contribution in [2.75, 3.05) is 19.6 Å². The van der Waals surface area contributed by atoms with Crippen molar-refractivity contribution < 1.29 is 0 Å². The van der Waals surface area contributed by atoms with E-state index in [1.54, 1.807) is 0 Å². The monoisotopic (exact) mass is 250 g/mol. The van der Waals surface area contributed by atoms with Crippen LogP contribution in [0.3, 0.4) is 0 Å². The van der Waals surface area contributed by atoms with E-state index in [4.69, 9.17) is 0 Å². The summed E-state index contributed by atoms with van der Waals surface area (Å²) in [6.45, 7) is 8.82. The first-order valence-corrected chi connectivity index (χ1v) is 8.27. The van der Waals surface area contributed by atoms with Gasteiger partial charge in [-0.2, -0.15) is 0 Å². The lowest BCUT2D eigenvalue weighted by atomic mass is 9.78. The normalized spacial score (nSPS) is 36.2. The number of nitrogens with zero attached hydrogens (tertiary/aromatic N) is 2. The van der Waals surface area contributed by atoms with Gasteiger partial charge in [0.15, 0.2) is 0 Å². The Hall–Kier alpha value is -0.0800. The predicted molar refractivity (Wildman–Crippen MR) is 76.8 cm³/mol. The molecule has 1 saturated carbocycles. The summed E-state index contributed by atoms with van der Waals surface area (Å²) in [7, 11) is 0. The summed E-state index contributed by atoms with van der Waals surface area (Å²) in [4.78, 5) is 5.65. The van der Waals surface area contributed by atoms with Crippen LogP contribution in [0.4, 0.5) is 0 Å². The van der Waals surface area contributed by atoms with E-state index in [2.05, 4.69) is 23.6 Å². The summed E-state index contributed by atoms with van der Waals surface area (Å²) in [6.07, 6.45) is 10.4. The van der Waals surface area contributed by atoms with Crippen LogP contribution in [-0.4, -0.2) is 47.6 Å². The molecule has 2 heteroatoms. The molecule has 0 aromatic carbocycles. The van der Waals surface area contributed by atoms with E-state index in [0.29, 0.717) is 0 Å². The fraction of sp³-hybridized carbons (Fsp3) is 1.00. The predicted octanol–water partition coefficient (Wildman–Crippen LogP) is 3.12. The highest BCUT2D eigenvalue weighted by Gasteiger charge is 2.43. The summed E-state index contributed by atoms with van der Waals surface area (Å²) < 4.78 is 0. The van der Waals surface area contributed by atoms with Gasteiger partial charge in [-0.1, -0.05) is 19.3 Å². The number of hydrogen-bond donors (Lipinski definition) is 0. The van der Waals surface area contributed by atoms with Gasteiger partial charge in [-0.3, -0.25) is 9.80 Å². The summed E-state index contributed by atoms with van der Waals surface area (Å²) in [5.74, 6) is 0.993. The van der Waals surface area contributed by atoms with Crippen LogP contribution in [-0.2, 0) is 0 Å². The van der Waals surface area contributed by atoms with E-state index in [1.807, 2.05) is 0 Å². The minimum atomic E-state index is 0.736. The van der Waals surface area contributed by atoms with Crippen molar-refractivity contribution >= 4 is 0 Å². The zero-order chi connectivity index (χ0) is 12.5. The molecule has 2 atom stereocenters. The van der Waals surface area contributed by atoms with Crippen molar-refractivity contribution in [2.45, 2.75) is 76.9 Å². The molecule has 2 saturated heterocycles. The molecule has 18 heavy (non-hydrogen) atoms. The van der Waals surface area contributed by atoms with Gasteiger partial charge < -0.3 is 0 Å². The third-order valence-corrected chi connectivity index (χ3v) is 5.63. The van der Waals surface area contributed by atoms with Gasteiger partial charge >= 0.3 is 0 Å². The number of fused-ring (bicyclic) bond motifs is 1. The molecule has 3 aliphatic rings. The molecule has 1 aliphatic carbocycles. The molecule has 3 fully saturated rings. The van der Waals surface area contributed by atoms with Crippen molar-refractivity contribution in [1.82, 2.24) is 9.80 Å². The molecular weight excluding hydrogens is 220 g/mol. The molecule has 0 radical (unpaired) electrons. The minimum Gasteiger partial charge on any atom is -0.298 e. The van der Waals surface area contributed by atoms with E-state index in [-0.39, 0.29) is 0 Å². The maximum atomic E-state index is 2.85. The first-order chi connectivity index (χ1) is 8.77. The van der Waals surface area contributed by atoms with Crippen LogP contribution in [0.1, 0.15) is 58.8 Å². The Bertz CT molecular complexity index is 268. The molecule has 0 N–H and O–H groups in total. The summed E-state index contributed by atoms with van der Waals surface area (Å²) in [5.41, 5.74) is 0. The van der Waals surface area contributed by atoms with Crippen molar-refractivity contribution in [3.05, 3.63) is 0 Å². The second-order valence-corrected chi connectivity index (χ2v) is 6.97. The zero-order valence-corrected chi connectivity index (χ0v) is 12.3. The number of hydrogen-bond acceptors (Lipinski definition) is 2. The van der Waals surface area contributed by atoms with Crippen LogP contribution in [0.25, 0.3) is 0 Å². The van der Waals surface area contributed by atoms with Crippen molar-refractivity contribution in [2.24, 2.45) is 5.92 Å². The molecule has 2 heterocycles. The Kier molecular flexibility index (Phi) is 3.95. The zero-order valence-electron chi connectivity index (χ0n) is 12.3. The largest absolute Gasteiger partial charge is 0.298 e. The van der Waals surface area contributed by atoms with Gasteiger partial charge in [-0.05, 0) is 52.0 Å². The minimum absolute atomic E-state index is 0.736. The van der Waals surface area contributed by atoms with Gasteiger partial charge in [-0.15, -0.1) is 0 Å². The van der Waals surface area contributed by atoms with Crippen molar-refractivity contribution in [1.29, 1.82) is 0 Å². The van der Waals surface area contributed by atoms with E-state index in [9.17, 15) is 0 Å². The molecule has 3 rings (SSSR count). The Balaban J connectivity index is 1.78. The second kappa shape index (κ2) is 5.50. The number of rotatable bonds is 2. The Morgan fingerprint density at radius 1 is 0.833 bits per heavy atom. The van der Waals surface area contributed by atoms with Crippen LogP contribution in [0.2, 0.25) is 0 Å². The lowest BCUT2D eigenvalue weighted by molar-refractivity contribution is -0.0162. The topological polar surface area (TPSA) is 6.48 Å². The molecule has 0 spiro atoms. The summed E-state index contributed by atoms with van der Waals surface area (Å²) in [6, 6.07) is 2.51. The molecule has 0 aromatic heterocycles. The van der Waals surface area contributed by atoms with Gasteiger partial charge in [0.05, 0.1) is 0 Å². The summed E-state index contributed by atoms with van der Waals surface area (Å²) in [5, 5.41) is 0. The van der Waals surface area contributed by atoms with Crippen LogP contribution in [0.5, 0.6) is 0 Å². The first-order valence-electron chi connectivity index (χ1n) is 8.27. The van der Waals surface area contributed by atoms with Crippen LogP contribution >= 0.6 is 0 Å². The van der Waals surface area contributed by atoms with Gasteiger partial charge in [0.25, 0.3) is 0 Å². The van der Waals surface area contributed by atoms with Gasteiger partial charge in [-0.25, -0.2) is 0 Å². The highest BCUT2D eigenvalue weighted by molar-refractivity contribution is 4.99. The van der Waals surface area contributed by atoms with Gasteiger partial charge in [0.1, 0.15) is 0 Å². The van der Waals surface area contributed by atoms with Crippen LogP contribution in [0, 0.1) is 5.92 Å². The highest BCUT2D eigenvalue weighted by Crippen LogP contribution is 2.38. The Labute approximate surface area is 113 Å². The van der Waals surface area contributed by atoms with E-state index < -0.39 is 0 Å². The van der Waals surface area contributed by atoms with E-state index in [0.717, 1.165) is 24.0 Å². The molecule has 2 nitrogen and oxygen atoms in total.